The van der Waals surface area contributed by atoms with Crippen molar-refractivity contribution >= 4 is 29.2 Å². The van der Waals surface area contributed by atoms with Crippen LogP contribution in [0, 0.1) is 5.92 Å². The highest BCUT2D eigenvalue weighted by Crippen LogP contribution is 2.23. The molecule has 24 heavy (non-hydrogen) atoms. The fourth-order valence-electron chi connectivity index (χ4n) is 2.23. The van der Waals surface area contributed by atoms with Crippen LogP contribution in [0.4, 0.5) is 5.82 Å². The van der Waals surface area contributed by atoms with E-state index in [1.54, 1.807) is 18.7 Å². The summed E-state index contributed by atoms with van der Waals surface area (Å²) in [6.45, 7) is 12.3. The zero-order valence-electron chi connectivity index (χ0n) is 15.7. The van der Waals surface area contributed by atoms with Gasteiger partial charge in [-0.25, -0.2) is 0 Å². The number of aryl methyl sites for hydroxylation is 1. The lowest BCUT2D eigenvalue weighted by Gasteiger charge is -2.25. The monoisotopic (exact) mass is 356 g/mol. The Kier molecular flexibility index (Phi) is 6.84. The summed E-state index contributed by atoms with van der Waals surface area (Å²) in [5.41, 5.74) is 0.791. The summed E-state index contributed by atoms with van der Waals surface area (Å²) in [5, 5.41) is 6.60. The number of rotatable bonds is 6. The molecule has 0 aliphatic heterocycles. The van der Waals surface area contributed by atoms with Gasteiger partial charge < -0.3 is 10.2 Å². The van der Waals surface area contributed by atoms with Crippen LogP contribution in [-0.2, 0) is 22.1 Å². The normalized spacial score (nSPS) is 13.0. The molecule has 2 amide bonds. The number of hydrogen-bond donors (Lipinski definition) is 1. The van der Waals surface area contributed by atoms with E-state index >= 15 is 0 Å². The molecule has 0 aliphatic rings. The molecule has 1 N–H and O–H groups in total. The van der Waals surface area contributed by atoms with E-state index in [4.69, 9.17) is 11.6 Å². The lowest BCUT2D eigenvalue weighted by atomic mass is 9.92. The number of alkyl halides is 1. The largest absolute Gasteiger partial charge is 0.332 e. The summed E-state index contributed by atoms with van der Waals surface area (Å²) in [6, 6.07) is 1.86. The van der Waals surface area contributed by atoms with Gasteiger partial charge in [0.1, 0.15) is 11.2 Å². The van der Waals surface area contributed by atoms with Crippen molar-refractivity contribution in [2.24, 2.45) is 13.0 Å². The summed E-state index contributed by atoms with van der Waals surface area (Å²) < 4.78 is 1.64. The molecule has 7 heteroatoms. The highest BCUT2D eigenvalue weighted by atomic mass is 35.5. The first-order chi connectivity index (χ1) is 10.9. The van der Waals surface area contributed by atoms with Gasteiger partial charge in [-0.2, -0.15) is 5.10 Å². The molecule has 0 aromatic carbocycles. The van der Waals surface area contributed by atoms with Crippen molar-refractivity contribution in [1.29, 1.82) is 0 Å². The van der Waals surface area contributed by atoms with E-state index in [9.17, 15) is 9.59 Å². The van der Waals surface area contributed by atoms with Crippen LogP contribution >= 0.6 is 11.6 Å². The number of carbonyl (C=O) groups is 2. The third-order valence-corrected chi connectivity index (χ3v) is 3.67. The van der Waals surface area contributed by atoms with Gasteiger partial charge in [-0.05, 0) is 12.8 Å². The first-order valence-corrected chi connectivity index (χ1v) is 8.62. The second kappa shape index (κ2) is 8.01. The third kappa shape index (κ3) is 5.82. The Morgan fingerprint density at radius 3 is 2.33 bits per heavy atom. The number of halogens is 1. The lowest BCUT2D eigenvalue weighted by molar-refractivity contribution is -0.134. The van der Waals surface area contributed by atoms with E-state index in [0.717, 1.165) is 5.69 Å². The number of carbonyl (C=O) groups excluding carboxylic acids is 2. The molecule has 1 heterocycles. The maximum absolute atomic E-state index is 12.4. The smallest absolute Gasteiger partial charge is 0.245 e. The molecule has 1 atom stereocenters. The topological polar surface area (TPSA) is 67.2 Å². The fourth-order valence-corrected chi connectivity index (χ4v) is 2.37. The van der Waals surface area contributed by atoms with Crippen molar-refractivity contribution in [3.63, 3.8) is 0 Å². The molecule has 0 fully saturated rings. The molecule has 136 valence electrons. The van der Waals surface area contributed by atoms with Crippen LogP contribution in [-0.4, -0.2) is 45.0 Å². The predicted octanol–water partition coefficient (Wildman–Crippen LogP) is 2.77. The highest BCUT2D eigenvalue weighted by molar-refractivity contribution is 6.30. The van der Waals surface area contributed by atoms with Gasteiger partial charge in [0.05, 0.1) is 12.2 Å². The van der Waals surface area contributed by atoms with Gasteiger partial charge in [0.25, 0.3) is 0 Å². The zero-order valence-corrected chi connectivity index (χ0v) is 16.4. The first-order valence-electron chi connectivity index (χ1n) is 8.19. The molecule has 0 bridgehead atoms. The Labute approximate surface area is 149 Å². The average molecular weight is 357 g/mol. The van der Waals surface area contributed by atoms with Crippen molar-refractivity contribution in [1.82, 2.24) is 14.7 Å². The molecule has 1 aromatic rings. The van der Waals surface area contributed by atoms with Crippen LogP contribution in [0.25, 0.3) is 0 Å². The van der Waals surface area contributed by atoms with Gasteiger partial charge in [0.2, 0.25) is 11.8 Å². The van der Waals surface area contributed by atoms with E-state index in [2.05, 4.69) is 31.2 Å². The van der Waals surface area contributed by atoms with Gasteiger partial charge in [-0.15, -0.1) is 11.6 Å². The first kappa shape index (κ1) is 20.5. The van der Waals surface area contributed by atoms with Crippen molar-refractivity contribution in [3.8, 4) is 0 Å². The van der Waals surface area contributed by atoms with E-state index in [-0.39, 0.29) is 29.7 Å². The van der Waals surface area contributed by atoms with Crippen molar-refractivity contribution in [3.05, 3.63) is 11.8 Å². The van der Waals surface area contributed by atoms with Gasteiger partial charge in [-0.1, -0.05) is 34.6 Å². The van der Waals surface area contributed by atoms with Gasteiger partial charge in [0.15, 0.2) is 0 Å². The molecular weight excluding hydrogens is 328 g/mol. The van der Waals surface area contributed by atoms with E-state index in [1.807, 2.05) is 19.9 Å². The molecule has 1 rings (SSSR count). The summed E-state index contributed by atoms with van der Waals surface area (Å²) in [7, 11) is 1.78. The van der Waals surface area contributed by atoms with Gasteiger partial charge in [-0.3, -0.25) is 14.3 Å². The fraction of sp³-hybridized carbons (Fsp3) is 0.706. The number of amides is 2. The summed E-state index contributed by atoms with van der Waals surface area (Å²) in [5.74, 6) is 0.368. The predicted molar refractivity (Wildman–Crippen MR) is 97.3 cm³/mol. The molecular formula is C17H29ClN4O2. The van der Waals surface area contributed by atoms with Crippen LogP contribution in [0.5, 0.6) is 0 Å². The zero-order chi connectivity index (χ0) is 18.7. The average Bonchev–Trinajstić information content (AvgIpc) is 2.77. The second-order valence-corrected chi connectivity index (χ2v) is 8.22. The van der Waals surface area contributed by atoms with Crippen LogP contribution in [0.15, 0.2) is 6.07 Å². The Morgan fingerprint density at radius 2 is 1.92 bits per heavy atom. The van der Waals surface area contributed by atoms with Crippen LogP contribution in [0.1, 0.15) is 47.2 Å². The number of hydrogen-bond acceptors (Lipinski definition) is 3. The van der Waals surface area contributed by atoms with E-state index in [0.29, 0.717) is 12.4 Å². The van der Waals surface area contributed by atoms with E-state index < -0.39 is 5.38 Å². The number of nitrogens with zero attached hydrogens (tertiary/aromatic N) is 3. The molecule has 0 saturated heterocycles. The quantitative estimate of drug-likeness (QED) is 0.797. The summed E-state index contributed by atoms with van der Waals surface area (Å²) in [4.78, 5) is 26.0. The van der Waals surface area contributed by atoms with Crippen molar-refractivity contribution in [2.75, 3.05) is 18.4 Å². The van der Waals surface area contributed by atoms with Crippen LogP contribution in [0.2, 0.25) is 0 Å². The van der Waals surface area contributed by atoms with E-state index in [1.165, 1.54) is 4.90 Å². The number of nitrogens with one attached hydrogen (secondary N) is 1. The maximum atomic E-state index is 12.4. The molecule has 0 radical (unpaired) electrons. The number of aromatic nitrogens is 2. The standard InChI is InChI=1S/C17H29ClN4O2/c1-11(2)9-22(16(24)12(3)18)10-15(23)19-14-8-13(17(4,5)6)20-21(14)7/h8,11-12H,9-10H2,1-7H3,(H,19,23). The summed E-state index contributed by atoms with van der Waals surface area (Å²) in [6.07, 6.45) is 0. The molecule has 1 unspecified atom stereocenters. The molecule has 0 saturated carbocycles. The number of anilines is 1. The van der Waals surface area contributed by atoms with Crippen LogP contribution < -0.4 is 5.32 Å². The Hall–Kier alpha value is -1.56. The van der Waals surface area contributed by atoms with Crippen molar-refractivity contribution in [2.45, 2.75) is 52.3 Å². The van der Waals surface area contributed by atoms with Crippen LogP contribution in [0.3, 0.4) is 0 Å². The lowest BCUT2D eigenvalue weighted by Crippen LogP contribution is -2.43. The minimum atomic E-state index is -0.652. The Bertz CT molecular complexity index is 588. The second-order valence-electron chi connectivity index (χ2n) is 7.57. The Balaban J connectivity index is 2.83. The molecule has 1 aromatic heterocycles. The highest BCUT2D eigenvalue weighted by Gasteiger charge is 2.23. The molecule has 0 aliphatic carbocycles. The van der Waals surface area contributed by atoms with Gasteiger partial charge >= 0.3 is 0 Å². The molecule has 6 nitrogen and oxygen atoms in total. The third-order valence-electron chi connectivity index (χ3n) is 3.49. The van der Waals surface area contributed by atoms with Crippen molar-refractivity contribution < 1.29 is 9.59 Å². The summed E-state index contributed by atoms with van der Waals surface area (Å²) >= 11 is 5.89. The Morgan fingerprint density at radius 1 is 1.33 bits per heavy atom. The molecule has 0 spiro atoms. The minimum absolute atomic E-state index is 0.0237. The van der Waals surface area contributed by atoms with Gasteiger partial charge in [0, 0.05) is 25.1 Å². The SMILES string of the molecule is CC(C)CN(CC(=O)Nc1cc(C(C)(C)C)nn1C)C(=O)C(C)Cl. The maximum Gasteiger partial charge on any atom is 0.245 e. The minimum Gasteiger partial charge on any atom is -0.332 e.